The first-order valence-corrected chi connectivity index (χ1v) is 7.81. The molecule has 1 amide bonds. The SMILES string of the molecule is COC(=O)C1c2ccsc2CCN1C(=O)c1ccc(F)c(F)c1. The molecule has 0 bridgehead atoms. The number of carbonyl (C=O) groups excluding carboxylic acids is 2. The zero-order chi connectivity index (χ0) is 16.6. The largest absolute Gasteiger partial charge is 0.467 e. The maximum atomic E-state index is 13.4. The summed E-state index contributed by atoms with van der Waals surface area (Å²) in [7, 11) is 1.25. The third-order valence-corrected chi connectivity index (χ3v) is 4.81. The quantitative estimate of drug-likeness (QED) is 0.792. The van der Waals surface area contributed by atoms with Crippen LogP contribution >= 0.6 is 11.3 Å². The van der Waals surface area contributed by atoms with Crippen molar-refractivity contribution < 1.29 is 23.1 Å². The lowest BCUT2D eigenvalue weighted by Gasteiger charge is -2.34. The number of fused-ring (bicyclic) bond motifs is 1. The van der Waals surface area contributed by atoms with E-state index < -0.39 is 29.6 Å². The van der Waals surface area contributed by atoms with E-state index >= 15 is 0 Å². The fourth-order valence-electron chi connectivity index (χ4n) is 2.70. The molecule has 2 aromatic rings. The van der Waals surface area contributed by atoms with E-state index in [2.05, 4.69) is 0 Å². The summed E-state index contributed by atoms with van der Waals surface area (Å²) in [5, 5.41) is 1.85. The van der Waals surface area contributed by atoms with E-state index in [4.69, 9.17) is 4.74 Å². The number of hydrogen-bond donors (Lipinski definition) is 0. The molecule has 7 heteroatoms. The van der Waals surface area contributed by atoms with Crippen molar-refractivity contribution in [2.75, 3.05) is 13.7 Å². The smallest absolute Gasteiger partial charge is 0.333 e. The van der Waals surface area contributed by atoms with Crippen LogP contribution in [-0.4, -0.2) is 30.4 Å². The fraction of sp³-hybridized carbons (Fsp3) is 0.250. The lowest BCUT2D eigenvalue weighted by Crippen LogP contribution is -2.43. The molecule has 0 saturated heterocycles. The Kier molecular flexibility index (Phi) is 4.12. The van der Waals surface area contributed by atoms with Gasteiger partial charge in [0.25, 0.3) is 5.91 Å². The van der Waals surface area contributed by atoms with Gasteiger partial charge in [0.15, 0.2) is 17.7 Å². The number of esters is 1. The minimum absolute atomic E-state index is 0.00326. The number of ether oxygens (including phenoxy) is 1. The summed E-state index contributed by atoms with van der Waals surface area (Å²) in [5.74, 6) is -3.21. The van der Waals surface area contributed by atoms with Crippen molar-refractivity contribution in [2.24, 2.45) is 0 Å². The van der Waals surface area contributed by atoms with E-state index in [1.54, 1.807) is 6.07 Å². The number of methoxy groups -OCH3 is 1. The lowest BCUT2D eigenvalue weighted by molar-refractivity contribution is -0.146. The van der Waals surface area contributed by atoms with E-state index in [9.17, 15) is 18.4 Å². The van der Waals surface area contributed by atoms with E-state index in [0.29, 0.717) is 13.0 Å². The van der Waals surface area contributed by atoms with E-state index in [-0.39, 0.29) is 5.56 Å². The normalized spacial score (nSPS) is 16.8. The molecule has 0 spiro atoms. The Bertz CT molecular complexity index is 774. The van der Waals surface area contributed by atoms with Crippen molar-refractivity contribution in [3.8, 4) is 0 Å². The van der Waals surface area contributed by atoms with Gasteiger partial charge < -0.3 is 9.64 Å². The predicted octanol–water partition coefficient (Wildman–Crippen LogP) is 2.94. The topological polar surface area (TPSA) is 46.6 Å². The summed E-state index contributed by atoms with van der Waals surface area (Å²) < 4.78 is 31.2. The first kappa shape index (κ1) is 15.6. The second kappa shape index (κ2) is 6.08. The molecule has 0 N–H and O–H groups in total. The van der Waals surface area contributed by atoms with Gasteiger partial charge in [0.1, 0.15) is 0 Å². The molecule has 1 atom stereocenters. The number of hydrogen-bond acceptors (Lipinski definition) is 4. The molecular weight excluding hydrogens is 324 g/mol. The molecule has 1 aliphatic rings. The van der Waals surface area contributed by atoms with Crippen molar-refractivity contribution in [1.82, 2.24) is 4.90 Å². The third-order valence-electron chi connectivity index (χ3n) is 3.82. The van der Waals surface area contributed by atoms with Crippen LogP contribution in [0.15, 0.2) is 29.6 Å². The van der Waals surface area contributed by atoms with Crippen LogP contribution in [0.2, 0.25) is 0 Å². The van der Waals surface area contributed by atoms with Crippen LogP contribution in [0, 0.1) is 11.6 Å². The van der Waals surface area contributed by atoms with E-state index in [1.807, 2.05) is 5.38 Å². The van der Waals surface area contributed by atoms with Crippen LogP contribution in [0.4, 0.5) is 8.78 Å². The summed E-state index contributed by atoms with van der Waals surface area (Å²) in [4.78, 5) is 27.2. The Hall–Kier alpha value is -2.28. The van der Waals surface area contributed by atoms with Gasteiger partial charge in [-0.1, -0.05) is 0 Å². The zero-order valence-corrected chi connectivity index (χ0v) is 13.0. The monoisotopic (exact) mass is 337 g/mol. The minimum atomic E-state index is -1.10. The molecule has 1 aromatic heterocycles. The van der Waals surface area contributed by atoms with Gasteiger partial charge in [-0.2, -0.15) is 0 Å². The number of amides is 1. The van der Waals surface area contributed by atoms with Crippen LogP contribution in [0.3, 0.4) is 0 Å². The summed E-state index contributed by atoms with van der Waals surface area (Å²) >= 11 is 1.52. The van der Waals surface area contributed by atoms with E-state index in [1.165, 1.54) is 29.4 Å². The number of thiophene rings is 1. The van der Waals surface area contributed by atoms with Gasteiger partial charge in [0, 0.05) is 17.0 Å². The van der Waals surface area contributed by atoms with Crippen molar-refractivity contribution in [2.45, 2.75) is 12.5 Å². The number of benzene rings is 1. The minimum Gasteiger partial charge on any atom is -0.467 e. The molecule has 2 heterocycles. The zero-order valence-electron chi connectivity index (χ0n) is 12.2. The first-order chi connectivity index (χ1) is 11.0. The molecule has 4 nitrogen and oxygen atoms in total. The number of rotatable bonds is 2. The van der Waals surface area contributed by atoms with Gasteiger partial charge in [0.05, 0.1) is 7.11 Å². The molecule has 1 aliphatic heterocycles. The van der Waals surface area contributed by atoms with Crippen LogP contribution in [0.1, 0.15) is 26.8 Å². The lowest BCUT2D eigenvalue weighted by atomic mass is 9.98. The highest BCUT2D eigenvalue weighted by atomic mass is 32.1. The first-order valence-electron chi connectivity index (χ1n) is 6.93. The number of nitrogens with zero attached hydrogens (tertiary/aromatic N) is 1. The summed E-state index contributed by atoms with van der Waals surface area (Å²) in [6.45, 7) is 0.311. The predicted molar refractivity (Wildman–Crippen MR) is 80.2 cm³/mol. The maximum absolute atomic E-state index is 13.4. The molecule has 0 saturated carbocycles. The van der Waals surface area contributed by atoms with Gasteiger partial charge in [0.2, 0.25) is 0 Å². The Morgan fingerprint density at radius 3 is 2.74 bits per heavy atom. The highest BCUT2D eigenvalue weighted by molar-refractivity contribution is 7.10. The van der Waals surface area contributed by atoms with Gasteiger partial charge in [-0.25, -0.2) is 13.6 Å². The molecule has 3 rings (SSSR count). The third kappa shape index (κ3) is 2.72. The summed E-state index contributed by atoms with van der Waals surface area (Å²) in [6.07, 6.45) is 0.607. The van der Waals surface area contributed by atoms with Crippen LogP contribution in [-0.2, 0) is 16.0 Å². The average molecular weight is 337 g/mol. The van der Waals surface area contributed by atoms with Crippen molar-refractivity contribution in [3.63, 3.8) is 0 Å². The Balaban J connectivity index is 1.98. The second-order valence-electron chi connectivity index (χ2n) is 5.10. The van der Waals surface area contributed by atoms with Gasteiger partial charge in [-0.05, 0) is 41.6 Å². The average Bonchev–Trinajstić information content (AvgIpc) is 3.03. The number of carbonyl (C=O) groups is 2. The molecule has 1 aromatic carbocycles. The highest BCUT2D eigenvalue weighted by Crippen LogP contribution is 2.35. The maximum Gasteiger partial charge on any atom is 0.333 e. The van der Waals surface area contributed by atoms with Crippen LogP contribution in [0.5, 0.6) is 0 Å². The van der Waals surface area contributed by atoms with Gasteiger partial charge in [-0.3, -0.25) is 4.79 Å². The van der Waals surface area contributed by atoms with Crippen molar-refractivity contribution >= 4 is 23.2 Å². The molecule has 0 fully saturated rings. The van der Waals surface area contributed by atoms with Gasteiger partial charge >= 0.3 is 5.97 Å². The van der Waals surface area contributed by atoms with Crippen LogP contribution < -0.4 is 0 Å². The highest BCUT2D eigenvalue weighted by Gasteiger charge is 2.37. The summed E-state index contributed by atoms with van der Waals surface area (Å²) in [6, 6.07) is 3.87. The molecule has 1 unspecified atom stereocenters. The molecule has 23 heavy (non-hydrogen) atoms. The molecule has 0 aliphatic carbocycles. The Labute approximate surface area is 135 Å². The molecule has 120 valence electrons. The van der Waals surface area contributed by atoms with Crippen LogP contribution in [0.25, 0.3) is 0 Å². The number of halogens is 2. The molecule has 0 radical (unpaired) electrons. The molecular formula is C16H13F2NO3S. The fourth-order valence-corrected chi connectivity index (χ4v) is 3.60. The Morgan fingerprint density at radius 2 is 2.04 bits per heavy atom. The summed E-state index contributed by atoms with van der Waals surface area (Å²) in [5.41, 5.74) is 0.723. The van der Waals surface area contributed by atoms with Crippen molar-refractivity contribution in [1.29, 1.82) is 0 Å². The second-order valence-corrected chi connectivity index (χ2v) is 6.10. The Morgan fingerprint density at radius 1 is 1.26 bits per heavy atom. The van der Waals surface area contributed by atoms with Crippen molar-refractivity contribution in [3.05, 3.63) is 57.3 Å². The van der Waals surface area contributed by atoms with E-state index in [0.717, 1.165) is 22.6 Å². The standard InChI is InChI=1S/C16H13F2NO3S/c1-22-16(21)14-10-5-7-23-13(10)4-6-19(14)15(20)9-2-3-11(17)12(18)8-9/h2-3,5,7-8,14H,4,6H2,1H3. The van der Waals surface area contributed by atoms with Gasteiger partial charge in [-0.15, -0.1) is 11.3 Å².